The summed E-state index contributed by atoms with van der Waals surface area (Å²) in [6.07, 6.45) is -1.08. The summed E-state index contributed by atoms with van der Waals surface area (Å²) in [4.78, 5) is 22.2. The Balaban J connectivity index is 2.44. The first-order valence-corrected chi connectivity index (χ1v) is 6.20. The summed E-state index contributed by atoms with van der Waals surface area (Å²) in [7, 11) is 0. The molecule has 21 heavy (non-hydrogen) atoms. The average molecular weight is 302 g/mol. The van der Waals surface area contributed by atoms with E-state index >= 15 is 0 Å². The quantitative estimate of drug-likeness (QED) is 0.620. The molecule has 0 bridgehead atoms. The number of benzene rings is 1. The van der Waals surface area contributed by atoms with Crippen LogP contribution in [0.3, 0.4) is 0 Å². The number of aliphatic hydroxyl groups excluding tert-OH is 1. The summed E-state index contributed by atoms with van der Waals surface area (Å²) in [5, 5.41) is 22.4. The van der Waals surface area contributed by atoms with E-state index in [1.165, 1.54) is 6.92 Å². The van der Waals surface area contributed by atoms with E-state index in [4.69, 9.17) is 5.11 Å². The van der Waals surface area contributed by atoms with Crippen LogP contribution in [0.25, 0.3) is 0 Å². The van der Waals surface area contributed by atoms with Crippen LogP contribution < -0.4 is 10.6 Å². The standard InChI is InChI=1S/C13H16F2N2O4/c1-7(18)11(12(19)20)17-13(21)16-3-2-8-4-9(14)6-10(15)5-8/h4-7,11,18H,2-3H2,1H3,(H,19,20)(H2,16,17,21). The van der Waals surface area contributed by atoms with E-state index < -0.39 is 35.8 Å². The molecule has 2 atom stereocenters. The maximum atomic E-state index is 12.9. The first-order chi connectivity index (χ1) is 9.79. The molecule has 0 aliphatic heterocycles. The van der Waals surface area contributed by atoms with Crippen LogP contribution >= 0.6 is 0 Å². The minimum atomic E-state index is -1.43. The molecule has 0 aromatic heterocycles. The second-order valence-corrected chi connectivity index (χ2v) is 4.48. The Morgan fingerprint density at radius 3 is 2.29 bits per heavy atom. The van der Waals surface area contributed by atoms with Gasteiger partial charge in [0.25, 0.3) is 0 Å². The second kappa shape index (κ2) is 7.53. The molecule has 4 N–H and O–H groups in total. The van der Waals surface area contributed by atoms with Crippen LogP contribution in [0.2, 0.25) is 0 Å². The number of carboxylic acid groups (broad SMARTS) is 1. The Morgan fingerprint density at radius 1 is 1.24 bits per heavy atom. The van der Waals surface area contributed by atoms with Crippen LogP contribution in [0.4, 0.5) is 13.6 Å². The van der Waals surface area contributed by atoms with Crippen molar-refractivity contribution in [3.05, 3.63) is 35.4 Å². The highest BCUT2D eigenvalue weighted by atomic mass is 19.1. The number of halogens is 2. The number of nitrogens with one attached hydrogen (secondary N) is 2. The molecule has 0 saturated heterocycles. The molecule has 1 aromatic carbocycles. The molecule has 2 amide bonds. The lowest BCUT2D eigenvalue weighted by Crippen LogP contribution is -2.51. The monoisotopic (exact) mass is 302 g/mol. The minimum Gasteiger partial charge on any atom is -0.480 e. The first-order valence-electron chi connectivity index (χ1n) is 6.20. The van der Waals surface area contributed by atoms with E-state index in [1.807, 2.05) is 0 Å². The molecule has 0 aliphatic rings. The maximum Gasteiger partial charge on any atom is 0.328 e. The van der Waals surface area contributed by atoms with Crippen LogP contribution in [-0.4, -0.2) is 40.9 Å². The van der Waals surface area contributed by atoms with Crippen LogP contribution in [0, 0.1) is 11.6 Å². The van der Waals surface area contributed by atoms with Gasteiger partial charge in [0.05, 0.1) is 6.10 Å². The van der Waals surface area contributed by atoms with Gasteiger partial charge < -0.3 is 20.8 Å². The van der Waals surface area contributed by atoms with Crippen LogP contribution in [0.5, 0.6) is 0 Å². The third-order valence-corrected chi connectivity index (χ3v) is 2.66. The summed E-state index contributed by atoms with van der Waals surface area (Å²) >= 11 is 0. The van der Waals surface area contributed by atoms with Crippen molar-refractivity contribution in [2.75, 3.05) is 6.54 Å². The fraction of sp³-hybridized carbons (Fsp3) is 0.385. The lowest BCUT2D eigenvalue weighted by Gasteiger charge is -2.17. The van der Waals surface area contributed by atoms with Gasteiger partial charge in [0.2, 0.25) is 0 Å². The van der Waals surface area contributed by atoms with Gasteiger partial charge in [-0.2, -0.15) is 0 Å². The zero-order chi connectivity index (χ0) is 16.0. The van der Waals surface area contributed by atoms with E-state index in [0.29, 0.717) is 5.56 Å². The smallest absolute Gasteiger partial charge is 0.328 e. The molecule has 116 valence electrons. The summed E-state index contributed by atoms with van der Waals surface area (Å²) in [5.41, 5.74) is 0.359. The molecule has 0 aliphatic carbocycles. The van der Waals surface area contributed by atoms with Crippen molar-refractivity contribution in [3.63, 3.8) is 0 Å². The van der Waals surface area contributed by atoms with Gasteiger partial charge in [-0.1, -0.05) is 0 Å². The largest absolute Gasteiger partial charge is 0.480 e. The summed E-state index contributed by atoms with van der Waals surface area (Å²) in [6.45, 7) is 1.29. The molecule has 0 saturated carbocycles. The van der Waals surface area contributed by atoms with Gasteiger partial charge in [0.1, 0.15) is 11.6 Å². The number of rotatable bonds is 6. The molecule has 8 heteroatoms. The SMILES string of the molecule is CC(O)C(NC(=O)NCCc1cc(F)cc(F)c1)C(=O)O. The van der Waals surface area contributed by atoms with E-state index in [2.05, 4.69) is 10.6 Å². The summed E-state index contributed by atoms with van der Waals surface area (Å²) in [6, 6.07) is 0.789. The zero-order valence-electron chi connectivity index (χ0n) is 11.3. The third kappa shape index (κ3) is 5.74. The van der Waals surface area contributed by atoms with Crippen molar-refractivity contribution in [3.8, 4) is 0 Å². The van der Waals surface area contributed by atoms with E-state index in [-0.39, 0.29) is 13.0 Å². The normalized spacial score (nSPS) is 13.3. The fourth-order valence-electron chi connectivity index (χ4n) is 1.66. The third-order valence-electron chi connectivity index (χ3n) is 2.66. The second-order valence-electron chi connectivity index (χ2n) is 4.48. The first kappa shape index (κ1) is 16.8. The van der Waals surface area contributed by atoms with E-state index in [0.717, 1.165) is 18.2 Å². The minimum absolute atomic E-state index is 0.0564. The number of carbonyl (C=O) groups is 2. The number of hydrogen-bond donors (Lipinski definition) is 4. The Bertz CT molecular complexity index is 503. The van der Waals surface area contributed by atoms with Crippen molar-refractivity contribution in [2.24, 2.45) is 0 Å². The number of urea groups is 1. The number of amides is 2. The maximum absolute atomic E-state index is 12.9. The lowest BCUT2D eigenvalue weighted by molar-refractivity contribution is -0.141. The van der Waals surface area contributed by atoms with E-state index in [1.54, 1.807) is 0 Å². The summed E-state index contributed by atoms with van der Waals surface area (Å²) in [5.74, 6) is -2.80. The topological polar surface area (TPSA) is 98.7 Å². The molecular weight excluding hydrogens is 286 g/mol. The molecule has 0 spiro atoms. The molecular formula is C13H16F2N2O4. The lowest BCUT2D eigenvalue weighted by atomic mass is 10.1. The zero-order valence-corrected chi connectivity index (χ0v) is 11.3. The van der Waals surface area contributed by atoms with Crippen molar-refractivity contribution >= 4 is 12.0 Å². The molecule has 1 aromatic rings. The molecule has 0 fully saturated rings. The number of carboxylic acids is 1. The van der Waals surface area contributed by atoms with Gasteiger partial charge in [-0.15, -0.1) is 0 Å². The highest BCUT2D eigenvalue weighted by Gasteiger charge is 2.24. The molecule has 1 rings (SSSR count). The number of aliphatic hydroxyl groups is 1. The summed E-state index contributed by atoms with van der Waals surface area (Å²) < 4.78 is 25.9. The van der Waals surface area contributed by atoms with Gasteiger partial charge in [0.15, 0.2) is 6.04 Å². The van der Waals surface area contributed by atoms with Crippen LogP contribution in [0.1, 0.15) is 12.5 Å². The molecule has 6 nitrogen and oxygen atoms in total. The van der Waals surface area contributed by atoms with Gasteiger partial charge >= 0.3 is 12.0 Å². The highest BCUT2D eigenvalue weighted by molar-refractivity contribution is 5.82. The Labute approximate surface area is 119 Å². The van der Waals surface area contributed by atoms with Gasteiger partial charge in [-0.3, -0.25) is 0 Å². The predicted molar refractivity (Wildman–Crippen MR) is 69.7 cm³/mol. The van der Waals surface area contributed by atoms with Gasteiger partial charge in [-0.25, -0.2) is 18.4 Å². The van der Waals surface area contributed by atoms with Crippen molar-refractivity contribution < 1.29 is 28.6 Å². The molecule has 0 radical (unpaired) electrons. The Morgan fingerprint density at radius 2 is 1.81 bits per heavy atom. The Kier molecular flexibility index (Phi) is 6.04. The predicted octanol–water partition coefficient (Wildman–Crippen LogP) is 0.640. The number of aliphatic carboxylic acids is 1. The van der Waals surface area contributed by atoms with Crippen LogP contribution in [-0.2, 0) is 11.2 Å². The van der Waals surface area contributed by atoms with E-state index in [9.17, 15) is 23.5 Å². The van der Waals surface area contributed by atoms with Crippen LogP contribution in [0.15, 0.2) is 18.2 Å². The molecule has 2 unspecified atom stereocenters. The van der Waals surface area contributed by atoms with Gasteiger partial charge in [-0.05, 0) is 31.0 Å². The fourth-order valence-corrected chi connectivity index (χ4v) is 1.66. The number of carbonyl (C=O) groups excluding carboxylic acids is 1. The molecule has 0 heterocycles. The van der Waals surface area contributed by atoms with Gasteiger partial charge in [0, 0.05) is 12.6 Å². The number of hydrogen-bond acceptors (Lipinski definition) is 3. The van der Waals surface area contributed by atoms with Crippen molar-refractivity contribution in [1.29, 1.82) is 0 Å². The van der Waals surface area contributed by atoms with Crippen molar-refractivity contribution in [1.82, 2.24) is 10.6 Å². The highest BCUT2D eigenvalue weighted by Crippen LogP contribution is 2.08. The van der Waals surface area contributed by atoms with Crippen molar-refractivity contribution in [2.45, 2.75) is 25.5 Å². The average Bonchev–Trinajstić information content (AvgIpc) is 2.34. The Hall–Kier alpha value is -2.22.